The van der Waals surface area contributed by atoms with Crippen LogP contribution in [0.15, 0.2) is 29.2 Å². The summed E-state index contributed by atoms with van der Waals surface area (Å²) in [5.74, 6) is 0.119. The Bertz CT molecular complexity index is 522. The van der Waals surface area contributed by atoms with Crippen LogP contribution in [0.4, 0.5) is 5.69 Å². The summed E-state index contributed by atoms with van der Waals surface area (Å²) in [6.45, 7) is 5.40. The van der Waals surface area contributed by atoms with Crippen LogP contribution in [0.1, 0.15) is 6.92 Å². The van der Waals surface area contributed by atoms with Gasteiger partial charge in [-0.3, -0.25) is 0 Å². The number of benzene rings is 1. The normalized spacial score (nSPS) is 18.4. The van der Waals surface area contributed by atoms with Crippen molar-refractivity contribution < 1.29 is 8.42 Å². The first-order valence-electron chi connectivity index (χ1n) is 6.55. The van der Waals surface area contributed by atoms with Crippen LogP contribution in [0.5, 0.6) is 0 Å². The maximum absolute atomic E-state index is 12.0. The molecular formula is C13H21N3O2S. The van der Waals surface area contributed by atoms with Crippen LogP contribution in [0.3, 0.4) is 0 Å². The second kappa shape index (κ2) is 5.90. The van der Waals surface area contributed by atoms with Crippen molar-refractivity contribution in [2.75, 3.05) is 44.4 Å². The van der Waals surface area contributed by atoms with Crippen LogP contribution in [0, 0.1) is 0 Å². The summed E-state index contributed by atoms with van der Waals surface area (Å²) < 4.78 is 24.1. The quantitative estimate of drug-likeness (QED) is 0.895. The van der Waals surface area contributed by atoms with Crippen LogP contribution < -0.4 is 5.43 Å². The molecule has 0 aromatic heterocycles. The summed E-state index contributed by atoms with van der Waals surface area (Å²) in [6, 6.07) is 7.10. The van der Waals surface area contributed by atoms with Gasteiger partial charge in [-0.15, -0.1) is 0 Å². The van der Waals surface area contributed by atoms with E-state index in [2.05, 4.69) is 22.4 Å². The van der Waals surface area contributed by atoms with Crippen LogP contribution in [-0.4, -0.2) is 57.3 Å². The molecule has 0 atom stereocenters. The largest absolute Gasteiger partial charge is 0.317 e. The number of sulfone groups is 1. The Labute approximate surface area is 115 Å². The van der Waals surface area contributed by atoms with Crippen LogP contribution in [0.2, 0.25) is 0 Å². The lowest BCUT2D eigenvalue weighted by Gasteiger charge is -2.33. The fourth-order valence-corrected chi connectivity index (χ4v) is 3.12. The Hall–Kier alpha value is -1.11. The second-order valence-corrected chi connectivity index (χ2v) is 7.05. The third kappa shape index (κ3) is 3.46. The van der Waals surface area contributed by atoms with Gasteiger partial charge in [0.2, 0.25) is 0 Å². The number of nitrogens with zero attached hydrogens (tertiary/aromatic N) is 2. The van der Waals surface area contributed by atoms with Crippen LogP contribution in [0.25, 0.3) is 0 Å². The molecule has 0 spiro atoms. The van der Waals surface area contributed by atoms with Crippen molar-refractivity contribution in [3.8, 4) is 0 Å². The predicted octanol–water partition coefficient (Wildman–Crippen LogP) is 1.05. The molecule has 0 bridgehead atoms. The Kier molecular flexibility index (Phi) is 4.44. The van der Waals surface area contributed by atoms with Gasteiger partial charge in [0.1, 0.15) is 0 Å². The first-order valence-corrected chi connectivity index (χ1v) is 8.20. The summed E-state index contributed by atoms with van der Waals surface area (Å²) in [5, 5.41) is 2.07. The summed E-state index contributed by atoms with van der Waals surface area (Å²) in [4.78, 5) is 2.64. The molecule has 1 fully saturated rings. The van der Waals surface area contributed by atoms with E-state index < -0.39 is 9.84 Å². The molecule has 1 aromatic carbocycles. The number of rotatable bonds is 4. The molecular weight excluding hydrogens is 262 g/mol. The number of hydrazine groups is 1. The second-order valence-electron chi connectivity index (χ2n) is 4.80. The first-order chi connectivity index (χ1) is 9.03. The zero-order chi connectivity index (χ0) is 13.9. The van der Waals surface area contributed by atoms with E-state index >= 15 is 0 Å². The molecule has 0 amide bonds. The molecule has 0 unspecified atom stereocenters. The number of anilines is 1. The van der Waals surface area contributed by atoms with Gasteiger partial charge in [0.25, 0.3) is 0 Å². The maximum Gasteiger partial charge on any atom is 0.180 e. The Balaban J connectivity index is 2.17. The minimum Gasteiger partial charge on any atom is -0.317 e. The molecule has 0 radical (unpaired) electrons. The molecule has 106 valence electrons. The van der Waals surface area contributed by atoms with Gasteiger partial charge >= 0.3 is 0 Å². The van der Waals surface area contributed by atoms with Crippen molar-refractivity contribution in [2.24, 2.45) is 0 Å². The van der Waals surface area contributed by atoms with Gasteiger partial charge in [-0.25, -0.2) is 13.4 Å². The highest BCUT2D eigenvalue weighted by molar-refractivity contribution is 7.91. The van der Waals surface area contributed by atoms with Crippen molar-refractivity contribution in [1.82, 2.24) is 9.91 Å². The Morgan fingerprint density at radius 3 is 2.42 bits per heavy atom. The van der Waals surface area contributed by atoms with Crippen molar-refractivity contribution in [1.29, 1.82) is 0 Å². The average molecular weight is 283 g/mol. The molecule has 19 heavy (non-hydrogen) atoms. The van der Waals surface area contributed by atoms with E-state index in [-0.39, 0.29) is 5.75 Å². The maximum atomic E-state index is 12.0. The minimum atomic E-state index is -3.19. The zero-order valence-corrected chi connectivity index (χ0v) is 12.3. The van der Waals surface area contributed by atoms with Crippen LogP contribution >= 0.6 is 0 Å². The number of hydrogen-bond acceptors (Lipinski definition) is 5. The third-order valence-corrected chi connectivity index (χ3v) is 5.17. The third-order valence-electron chi connectivity index (χ3n) is 3.38. The monoisotopic (exact) mass is 283 g/mol. The van der Waals surface area contributed by atoms with Crippen molar-refractivity contribution in [3.05, 3.63) is 24.3 Å². The van der Waals surface area contributed by atoms with E-state index in [1.807, 2.05) is 12.1 Å². The summed E-state index contributed by atoms with van der Waals surface area (Å²) in [5.41, 5.74) is 3.91. The summed E-state index contributed by atoms with van der Waals surface area (Å²) in [7, 11) is -1.10. The number of para-hydroxylation sites is 1. The van der Waals surface area contributed by atoms with Gasteiger partial charge in [0.05, 0.1) is 16.3 Å². The number of likely N-dealkylation sites (N-methyl/N-ethyl adjacent to an activating group) is 1. The molecule has 5 nitrogen and oxygen atoms in total. The standard InChI is InChI=1S/C13H21N3O2S/c1-3-19(17,18)13-7-5-4-6-12(13)14-16-10-8-15(2)9-11-16/h4-7,14H,3,8-11H2,1-2H3. The first kappa shape index (κ1) is 14.3. The van der Waals surface area contributed by atoms with Gasteiger partial charge < -0.3 is 10.3 Å². The van der Waals surface area contributed by atoms with Crippen molar-refractivity contribution in [3.63, 3.8) is 0 Å². The average Bonchev–Trinajstić information content (AvgIpc) is 2.42. The predicted molar refractivity (Wildman–Crippen MR) is 76.9 cm³/mol. The topological polar surface area (TPSA) is 52.7 Å². The highest BCUT2D eigenvalue weighted by atomic mass is 32.2. The number of hydrogen-bond donors (Lipinski definition) is 1. The highest BCUT2D eigenvalue weighted by Crippen LogP contribution is 2.22. The SMILES string of the molecule is CCS(=O)(=O)c1ccccc1NN1CCN(C)CC1. The van der Waals surface area contributed by atoms with E-state index in [0.29, 0.717) is 10.6 Å². The molecule has 0 saturated carbocycles. The van der Waals surface area contributed by atoms with Gasteiger partial charge in [0.15, 0.2) is 9.84 Å². The van der Waals surface area contributed by atoms with E-state index in [1.54, 1.807) is 19.1 Å². The van der Waals surface area contributed by atoms with E-state index in [0.717, 1.165) is 26.2 Å². The van der Waals surface area contributed by atoms with Gasteiger partial charge in [-0.2, -0.15) is 0 Å². The lowest BCUT2D eigenvalue weighted by molar-refractivity contribution is 0.178. The molecule has 1 saturated heterocycles. The molecule has 6 heteroatoms. The lowest BCUT2D eigenvalue weighted by Crippen LogP contribution is -2.47. The van der Waals surface area contributed by atoms with Gasteiger partial charge in [0, 0.05) is 26.2 Å². The molecule has 1 N–H and O–H groups in total. The number of piperazine rings is 1. The van der Waals surface area contributed by atoms with Crippen molar-refractivity contribution >= 4 is 15.5 Å². The molecule has 0 aliphatic carbocycles. The molecule has 1 heterocycles. The van der Waals surface area contributed by atoms with Crippen LogP contribution in [-0.2, 0) is 9.84 Å². The summed E-state index contributed by atoms with van der Waals surface area (Å²) in [6.07, 6.45) is 0. The molecule has 2 rings (SSSR count). The highest BCUT2D eigenvalue weighted by Gasteiger charge is 2.19. The zero-order valence-electron chi connectivity index (χ0n) is 11.5. The Morgan fingerprint density at radius 1 is 1.16 bits per heavy atom. The number of nitrogens with one attached hydrogen (secondary N) is 1. The van der Waals surface area contributed by atoms with E-state index in [1.165, 1.54) is 0 Å². The smallest absolute Gasteiger partial charge is 0.180 e. The van der Waals surface area contributed by atoms with E-state index in [4.69, 9.17) is 0 Å². The lowest BCUT2D eigenvalue weighted by atomic mass is 10.3. The fraction of sp³-hybridized carbons (Fsp3) is 0.538. The molecule has 1 aliphatic heterocycles. The fourth-order valence-electron chi connectivity index (χ4n) is 2.07. The minimum absolute atomic E-state index is 0.119. The van der Waals surface area contributed by atoms with Crippen molar-refractivity contribution in [2.45, 2.75) is 11.8 Å². The van der Waals surface area contributed by atoms with Gasteiger partial charge in [-0.05, 0) is 19.2 Å². The van der Waals surface area contributed by atoms with E-state index in [9.17, 15) is 8.42 Å². The summed E-state index contributed by atoms with van der Waals surface area (Å²) >= 11 is 0. The Morgan fingerprint density at radius 2 is 1.79 bits per heavy atom. The molecule has 1 aliphatic rings. The molecule has 1 aromatic rings. The van der Waals surface area contributed by atoms with Gasteiger partial charge in [-0.1, -0.05) is 19.1 Å².